The molecule has 6 rings (SSSR count). The van der Waals surface area contributed by atoms with E-state index in [2.05, 4.69) is 32.4 Å². The number of likely N-dealkylation sites (tertiary alicyclic amines) is 1. The standard InChI is InChI=1S/C27H31N5O6S2/c1-32-13-10-18(11-14-32)37-23-9-8-22-26(29-23)39-27(28-22)30-25(33)24(31-38-19-12-15-36-16-19)17-2-4-20(5-3-17)40(34,35)21-6-7-21/h2-5,8-9,18-19,21H,6-7,10-16H2,1H3,(H,28,30,33)/b31-24+/t19-/m1/s1. The summed E-state index contributed by atoms with van der Waals surface area (Å²) in [5.41, 5.74) is 1.09. The SMILES string of the molecule is CN1CCC(Oc2ccc3nc(NC(=O)/C(=N/O[C@@H]4CCOC4)c4ccc(S(=O)(=O)C5CC5)cc4)sc3n2)CC1. The Morgan fingerprint density at radius 1 is 1.05 bits per heavy atom. The summed E-state index contributed by atoms with van der Waals surface area (Å²) in [5.74, 6) is 0.0119. The number of pyridine rings is 1. The molecular formula is C27H31N5O6S2. The van der Waals surface area contributed by atoms with Gasteiger partial charge in [-0.1, -0.05) is 28.6 Å². The minimum Gasteiger partial charge on any atom is -0.474 e. The third-order valence-corrected chi connectivity index (χ3v) is 10.4. The van der Waals surface area contributed by atoms with Crippen LogP contribution in [0.3, 0.4) is 0 Å². The summed E-state index contributed by atoms with van der Waals surface area (Å²) in [7, 11) is -1.24. The van der Waals surface area contributed by atoms with Crippen LogP contribution in [0.15, 0.2) is 46.4 Å². The molecule has 1 aliphatic carbocycles. The van der Waals surface area contributed by atoms with E-state index in [1.165, 1.54) is 23.5 Å². The third kappa shape index (κ3) is 6.12. The first-order valence-electron chi connectivity index (χ1n) is 13.5. The lowest BCUT2D eigenvalue weighted by Crippen LogP contribution is -2.35. The molecule has 0 spiro atoms. The number of hydrogen-bond donors (Lipinski definition) is 1. The van der Waals surface area contributed by atoms with Crippen LogP contribution < -0.4 is 10.1 Å². The van der Waals surface area contributed by atoms with Gasteiger partial charge in [0.2, 0.25) is 5.88 Å². The number of carbonyl (C=O) groups excluding carboxylic acids is 1. The van der Waals surface area contributed by atoms with Crippen molar-refractivity contribution in [2.24, 2.45) is 5.16 Å². The van der Waals surface area contributed by atoms with Gasteiger partial charge in [-0.2, -0.15) is 0 Å². The second kappa shape index (κ2) is 11.4. The third-order valence-electron chi connectivity index (χ3n) is 7.22. The summed E-state index contributed by atoms with van der Waals surface area (Å²) in [6.45, 7) is 2.94. The van der Waals surface area contributed by atoms with Gasteiger partial charge in [0.25, 0.3) is 5.91 Å². The number of piperidine rings is 1. The molecule has 2 aromatic heterocycles. The molecule has 1 saturated carbocycles. The first-order chi connectivity index (χ1) is 19.3. The minimum absolute atomic E-state index is 0.0146. The summed E-state index contributed by atoms with van der Waals surface area (Å²) in [5, 5.41) is 7.01. The first-order valence-corrected chi connectivity index (χ1v) is 15.8. The van der Waals surface area contributed by atoms with Crippen molar-refractivity contribution in [3.8, 4) is 5.88 Å². The molecule has 0 radical (unpaired) electrons. The Morgan fingerprint density at radius 2 is 1.82 bits per heavy atom. The number of oxime groups is 1. The first kappa shape index (κ1) is 27.1. The average Bonchev–Trinajstić information content (AvgIpc) is 3.55. The van der Waals surface area contributed by atoms with Gasteiger partial charge < -0.3 is 19.2 Å². The highest BCUT2D eigenvalue weighted by molar-refractivity contribution is 7.92. The normalized spacial score (nSPS) is 21.0. The van der Waals surface area contributed by atoms with Gasteiger partial charge in [-0.25, -0.2) is 18.4 Å². The van der Waals surface area contributed by atoms with Crippen molar-refractivity contribution < 1.29 is 27.5 Å². The van der Waals surface area contributed by atoms with Crippen molar-refractivity contribution in [1.29, 1.82) is 0 Å². The maximum Gasteiger partial charge on any atom is 0.280 e. The van der Waals surface area contributed by atoms with Crippen LogP contribution in [0.25, 0.3) is 10.3 Å². The van der Waals surface area contributed by atoms with Crippen LogP contribution in [-0.2, 0) is 24.2 Å². The van der Waals surface area contributed by atoms with Gasteiger partial charge in [-0.3, -0.25) is 10.1 Å². The number of hydrogen-bond acceptors (Lipinski definition) is 11. The molecule has 0 unspecified atom stereocenters. The van der Waals surface area contributed by atoms with Gasteiger partial charge in [-0.05, 0) is 50.9 Å². The molecular weight excluding hydrogens is 554 g/mol. The second-order valence-corrected chi connectivity index (χ2v) is 13.6. The molecule has 1 N–H and O–H groups in total. The van der Waals surface area contributed by atoms with Gasteiger partial charge >= 0.3 is 0 Å². The lowest BCUT2D eigenvalue weighted by atomic mass is 10.1. The van der Waals surface area contributed by atoms with Crippen LogP contribution in [0.5, 0.6) is 5.88 Å². The Morgan fingerprint density at radius 3 is 2.52 bits per heavy atom. The lowest BCUT2D eigenvalue weighted by molar-refractivity contribution is -0.110. The zero-order valence-corrected chi connectivity index (χ0v) is 23.7. The zero-order chi connectivity index (χ0) is 27.7. The van der Waals surface area contributed by atoms with Crippen molar-refractivity contribution in [2.45, 2.75) is 54.5 Å². The van der Waals surface area contributed by atoms with Crippen molar-refractivity contribution in [3.63, 3.8) is 0 Å². The number of fused-ring (bicyclic) bond motifs is 1. The van der Waals surface area contributed by atoms with Gasteiger partial charge in [-0.15, -0.1) is 0 Å². The monoisotopic (exact) mass is 585 g/mol. The highest BCUT2D eigenvalue weighted by Gasteiger charge is 2.37. The van der Waals surface area contributed by atoms with E-state index in [0.29, 0.717) is 59.4 Å². The number of thiazole rings is 1. The zero-order valence-electron chi connectivity index (χ0n) is 22.1. The van der Waals surface area contributed by atoms with Crippen LogP contribution in [0.1, 0.15) is 37.7 Å². The van der Waals surface area contributed by atoms with Crippen LogP contribution in [0.4, 0.5) is 5.13 Å². The van der Waals surface area contributed by atoms with E-state index in [-0.39, 0.29) is 28.1 Å². The summed E-state index contributed by atoms with van der Waals surface area (Å²) in [6.07, 6.45) is 3.80. The van der Waals surface area contributed by atoms with Crippen molar-refractivity contribution in [1.82, 2.24) is 14.9 Å². The quantitative estimate of drug-likeness (QED) is 0.297. The molecule has 1 amide bonds. The van der Waals surface area contributed by atoms with E-state index in [9.17, 15) is 13.2 Å². The summed E-state index contributed by atoms with van der Waals surface area (Å²) in [6, 6.07) is 9.81. The molecule has 0 bridgehead atoms. The topological polar surface area (TPSA) is 132 Å². The summed E-state index contributed by atoms with van der Waals surface area (Å²) in [4.78, 5) is 31.3. The Bertz CT molecular complexity index is 1510. The fourth-order valence-electron chi connectivity index (χ4n) is 4.67. The average molecular weight is 586 g/mol. The predicted octanol–water partition coefficient (Wildman–Crippen LogP) is 3.25. The Hall–Kier alpha value is -3.13. The van der Waals surface area contributed by atoms with E-state index in [1.807, 2.05) is 6.07 Å². The number of aromatic nitrogens is 2. The number of amides is 1. The number of anilines is 1. The molecule has 2 saturated heterocycles. The fourth-order valence-corrected chi connectivity index (χ4v) is 7.15. The maximum absolute atomic E-state index is 13.4. The highest BCUT2D eigenvalue weighted by atomic mass is 32.2. The molecule has 1 atom stereocenters. The molecule has 1 aromatic carbocycles. The molecule has 40 heavy (non-hydrogen) atoms. The lowest BCUT2D eigenvalue weighted by Gasteiger charge is -2.28. The van der Waals surface area contributed by atoms with Gasteiger partial charge in [0.1, 0.15) is 16.5 Å². The smallest absolute Gasteiger partial charge is 0.280 e. The van der Waals surface area contributed by atoms with Crippen LogP contribution >= 0.6 is 11.3 Å². The van der Waals surface area contributed by atoms with E-state index in [1.54, 1.807) is 18.2 Å². The molecule has 13 heteroatoms. The van der Waals surface area contributed by atoms with Crippen LogP contribution in [-0.4, -0.2) is 85.7 Å². The molecule has 11 nitrogen and oxygen atoms in total. The number of sulfone groups is 1. The van der Waals surface area contributed by atoms with Gasteiger partial charge in [0.05, 0.1) is 23.4 Å². The summed E-state index contributed by atoms with van der Waals surface area (Å²) >= 11 is 1.24. The molecule has 4 heterocycles. The van der Waals surface area contributed by atoms with Crippen molar-refractivity contribution in [2.75, 3.05) is 38.7 Å². The second-order valence-electron chi connectivity index (χ2n) is 10.4. The van der Waals surface area contributed by atoms with E-state index in [4.69, 9.17) is 14.3 Å². The molecule has 212 valence electrons. The molecule has 2 aliphatic heterocycles. The molecule has 3 aromatic rings. The maximum atomic E-state index is 13.4. The number of benzene rings is 1. The van der Waals surface area contributed by atoms with E-state index in [0.717, 1.165) is 25.9 Å². The van der Waals surface area contributed by atoms with Crippen LogP contribution in [0, 0.1) is 0 Å². The molecule has 3 aliphatic rings. The largest absolute Gasteiger partial charge is 0.474 e. The Balaban J connectivity index is 1.19. The number of ether oxygens (including phenoxy) is 2. The Kier molecular flexibility index (Phi) is 7.71. The minimum atomic E-state index is -3.35. The Labute approximate surface area is 236 Å². The number of nitrogens with one attached hydrogen (secondary N) is 1. The van der Waals surface area contributed by atoms with E-state index >= 15 is 0 Å². The number of carbonyl (C=O) groups is 1. The van der Waals surface area contributed by atoms with Crippen LogP contribution in [0.2, 0.25) is 0 Å². The highest BCUT2D eigenvalue weighted by Crippen LogP contribution is 2.33. The van der Waals surface area contributed by atoms with Crippen molar-refractivity contribution >= 4 is 48.3 Å². The van der Waals surface area contributed by atoms with Gasteiger partial charge in [0, 0.05) is 31.1 Å². The number of rotatable bonds is 9. The van der Waals surface area contributed by atoms with Crippen molar-refractivity contribution in [3.05, 3.63) is 42.0 Å². The summed E-state index contributed by atoms with van der Waals surface area (Å²) < 4.78 is 36.7. The number of nitrogens with zero attached hydrogens (tertiary/aromatic N) is 4. The molecule has 3 fully saturated rings. The van der Waals surface area contributed by atoms with Gasteiger partial charge in [0.15, 0.2) is 26.8 Å². The van der Waals surface area contributed by atoms with E-state index < -0.39 is 15.7 Å². The predicted molar refractivity (Wildman–Crippen MR) is 151 cm³/mol. The fraction of sp³-hybridized carbons (Fsp3) is 0.481.